The maximum absolute atomic E-state index is 5.58. The van der Waals surface area contributed by atoms with Crippen molar-refractivity contribution in [3.8, 4) is 0 Å². The van der Waals surface area contributed by atoms with Crippen LogP contribution in [0.4, 0.5) is 11.8 Å². The smallest absolute Gasteiger partial charge is 0.222 e. The predicted octanol–water partition coefficient (Wildman–Crippen LogP) is 1.02. The molecule has 2 rings (SSSR count). The molecule has 0 unspecified atom stereocenters. The molecule has 6 nitrogen and oxygen atoms in total. The van der Waals surface area contributed by atoms with Crippen molar-refractivity contribution < 1.29 is 0 Å². The summed E-state index contributed by atoms with van der Waals surface area (Å²) in [6.07, 6.45) is 1.85. The lowest BCUT2D eigenvalue weighted by molar-refractivity contribution is 0.738. The third-order valence-corrected chi connectivity index (χ3v) is 2.67. The van der Waals surface area contributed by atoms with E-state index in [0.717, 1.165) is 22.8 Å². The van der Waals surface area contributed by atoms with Gasteiger partial charge in [0.2, 0.25) is 5.95 Å². The minimum Gasteiger partial charge on any atom is -0.368 e. The normalized spacial score (nSPS) is 10.5. The number of hydrogen-bond donors (Lipinski definition) is 2. The van der Waals surface area contributed by atoms with Crippen molar-refractivity contribution in [2.45, 2.75) is 20.4 Å². The Hall–Kier alpha value is -2.11. The molecule has 0 saturated heterocycles. The van der Waals surface area contributed by atoms with Crippen molar-refractivity contribution in [2.24, 2.45) is 7.05 Å². The Morgan fingerprint density at radius 1 is 1.35 bits per heavy atom. The molecule has 6 heteroatoms. The number of rotatable bonds is 3. The zero-order valence-electron chi connectivity index (χ0n) is 10.2. The fourth-order valence-electron chi connectivity index (χ4n) is 1.59. The molecule has 0 aliphatic rings. The SMILES string of the molecule is Cc1cc(NCc2cnn(C)c2C)nc(N)n1. The van der Waals surface area contributed by atoms with Crippen LogP contribution in [0.3, 0.4) is 0 Å². The topological polar surface area (TPSA) is 81.7 Å². The summed E-state index contributed by atoms with van der Waals surface area (Å²) in [7, 11) is 1.92. The van der Waals surface area contributed by atoms with Gasteiger partial charge in [0.25, 0.3) is 0 Å². The molecular weight excluding hydrogens is 216 g/mol. The molecular formula is C11H16N6. The quantitative estimate of drug-likeness (QED) is 0.825. The lowest BCUT2D eigenvalue weighted by Gasteiger charge is -2.06. The second kappa shape index (κ2) is 4.40. The van der Waals surface area contributed by atoms with Crippen LogP contribution < -0.4 is 11.1 Å². The van der Waals surface area contributed by atoms with Crippen molar-refractivity contribution in [3.05, 3.63) is 29.2 Å². The van der Waals surface area contributed by atoms with E-state index in [9.17, 15) is 0 Å². The molecule has 0 bridgehead atoms. The van der Waals surface area contributed by atoms with E-state index in [-0.39, 0.29) is 5.95 Å². The van der Waals surface area contributed by atoms with Gasteiger partial charge in [0.15, 0.2) is 0 Å². The summed E-state index contributed by atoms with van der Waals surface area (Å²) in [5, 5.41) is 7.40. The van der Waals surface area contributed by atoms with Crippen LogP contribution in [0, 0.1) is 13.8 Å². The van der Waals surface area contributed by atoms with Crippen LogP contribution in [-0.2, 0) is 13.6 Å². The molecule has 0 spiro atoms. The van der Waals surface area contributed by atoms with Crippen LogP contribution in [0.1, 0.15) is 17.0 Å². The Morgan fingerprint density at radius 3 is 2.71 bits per heavy atom. The number of anilines is 2. The lowest BCUT2D eigenvalue weighted by Crippen LogP contribution is -2.06. The first kappa shape index (κ1) is 11.4. The highest BCUT2D eigenvalue weighted by atomic mass is 15.3. The number of nitrogens with two attached hydrogens (primary N) is 1. The first-order valence-electron chi connectivity index (χ1n) is 5.39. The van der Waals surface area contributed by atoms with Gasteiger partial charge in [-0.2, -0.15) is 10.1 Å². The molecule has 90 valence electrons. The summed E-state index contributed by atoms with van der Waals surface area (Å²) in [6, 6.07) is 1.86. The van der Waals surface area contributed by atoms with Crippen LogP contribution in [0.5, 0.6) is 0 Å². The number of nitrogens with one attached hydrogen (secondary N) is 1. The van der Waals surface area contributed by atoms with Crippen molar-refractivity contribution in [2.75, 3.05) is 11.1 Å². The highest BCUT2D eigenvalue weighted by Gasteiger charge is 2.04. The fourth-order valence-corrected chi connectivity index (χ4v) is 1.59. The number of aromatic nitrogens is 4. The Labute approximate surface area is 99.9 Å². The van der Waals surface area contributed by atoms with Gasteiger partial charge in [-0.05, 0) is 13.8 Å². The zero-order chi connectivity index (χ0) is 12.4. The summed E-state index contributed by atoms with van der Waals surface area (Å²) >= 11 is 0. The van der Waals surface area contributed by atoms with E-state index in [0.29, 0.717) is 6.54 Å². The molecule has 3 N–H and O–H groups in total. The minimum absolute atomic E-state index is 0.287. The van der Waals surface area contributed by atoms with Crippen LogP contribution >= 0.6 is 0 Å². The van der Waals surface area contributed by atoms with Crippen molar-refractivity contribution in [1.29, 1.82) is 0 Å². The average molecular weight is 232 g/mol. The van der Waals surface area contributed by atoms with E-state index < -0.39 is 0 Å². The van der Waals surface area contributed by atoms with Crippen molar-refractivity contribution in [3.63, 3.8) is 0 Å². The van der Waals surface area contributed by atoms with Gasteiger partial charge in [-0.1, -0.05) is 0 Å². The molecule has 0 aromatic carbocycles. The Kier molecular flexibility index (Phi) is 2.95. The second-order valence-corrected chi connectivity index (χ2v) is 3.99. The molecule has 0 aliphatic heterocycles. The first-order valence-corrected chi connectivity index (χ1v) is 5.39. The van der Waals surface area contributed by atoms with Gasteiger partial charge in [-0.15, -0.1) is 0 Å². The van der Waals surface area contributed by atoms with Gasteiger partial charge < -0.3 is 11.1 Å². The van der Waals surface area contributed by atoms with Crippen molar-refractivity contribution >= 4 is 11.8 Å². The van der Waals surface area contributed by atoms with Gasteiger partial charge in [0.1, 0.15) is 5.82 Å². The summed E-state index contributed by atoms with van der Waals surface area (Å²) in [5.41, 5.74) is 8.71. The molecule has 2 aromatic heterocycles. The van der Waals surface area contributed by atoms with Gasteiger partial charge >= 0.3 is 0 Å². The molecule has 17 heavy (non-hydrogen) atoms. The highest BCUT2D eigenvalue weighted by Crippen LogP contribution is 2.11. The largest absolute Gasteiger partial charge is 0.368 e. The van der Waals surface area contributed by atoms with Gasteiger partial charge in [-0.3, -0.25) is 4.68 Å². The minimum atomic E-state index is 0.287. The molecule has 0 fully saturated rings. The Balaban J connectivity index is 2.09. The molecule has 2 heterocycles. The van der Waals surface area contributed by atoms with E-state index >= 15 is 0 Å². The second-order valence-electron chi connectivity index (χ2n) is 3.99. The van der Waals surface area contributed by atoms with Gasteiger partial charge in [-0.25, -0.2) is 4.98 Å². The summed E-state index contributed by atoms with van der Waals surface area (Å²) < 4.78 is 1.84. The number of nitrogens with zero attached hydrogens (tertiary/aromatic N) is 4. The van der Waals surface area contributed by atoms with E-state index in [1.807, 2.05) is 37.8 Å². The monoisotopic (exact) mass is 232 g/mol. The Morgan fingerprint density at radius 2 is 2.12 bits per heavy atom. The van der Waals surface area contributed by atoms with E-state index in [4.69, 9.17) is 5.73 Å². The van der Waals surface area contributed by atoms with E-state index in [2.05, 4.69) is 20.4 Å². The summed E-state index contributed by atoms with van der Waals surface area (Å²) in [4.78, 5) is 8.14. The lowest BCUT2D eigenvalue weighted by atomic mass is 10.2. The summed E-state index contributed by atoms with van der Waals surface area (Å²) in [6.45, 7) is 4.59. The maximum atomic E-state index is 5.58. The van der Waals surface area contributed by atoms with Gasteiger partial charge in [0.05, 0.1) is 6.20 Å². The molecule has 2 aromatic rings. The predicted molar refractivity (Wildman–Crippen MR) is 66.5 cm³/mol. The first-order chi connectivity index (χ1) is 8.06. The van der Waals surface area contributed by atoms with E-state index in [1.165, 1.54) is 0 Å². The number of nitrogen functional groups attached to an aromatic ring is 1. The van der Waals surface area contributed by atoms with Crippen LogP contribution in [-0.4, -0.2) is 19.7 Å². The van der Waals surface area contributed by atoms with Crippen LogP contribution in [0.15, 0.2) is 12.3 Å². The molecule has 0 aliphatic carbocycles. The highest BCUT2D eigenvalue weighted by molar-refractivity contribution is 5.41. The maximum Gasteiger partial charge on any atom is 0.222 e. The molecule has 0 saturated carbocycles. The molecule has 0 amide bonds. The zero-order valence-corrected chi connectivity index (χ0v) is 10.2. The Bertz CT molecular complexity index is 511. The van der Waals surface area contributed by atoms with Crippen molar-refractivity contribution in [1.82, 2.24) is 19.7 Å². The van der Waals surface area contributed by atoms with Gasteiger partial charge in [0, 0.05) is 36.6 Å². The summed E-state index contributed by atoms with van der Waals surface area (Å²) in [5.74, 6) is 1.02. The fraction of sp³-hybridized carbons (Fsp3) is 0.364. The average Bonchev–Trinajstić information content (AvgIpc) is 2.56. The van der Waals surface area contributed by atoms with Crippen LogP contribution in [0.25, 0.3) is 0 Å². The molecule has 0 atom stereocenters. The molecule has 0 radical (unpaired) electrons. The van der Waals surface area contributed by atoms with Crippen LogP contribution in [0.2, 0.25) is 0 Å². The standard InChI is InChI=1S/C11H16N6/c1-7-4-10(16-11(12)15-7)13-5-9-6-14-17(3)8(9)2/h4,6H,5H2,1-3H3,(H3,12,13,15,16). The number of hydrogen-bond acceptors (Lipinski definition) is 5. The number of aryl methyl sites for hydroxylation is 2. The third kappa shape index (κ3) is 2.52. The third-order valence-electron chi connectivity index (χ3n) is 2.67. The van der Waals surface area contributed by atoms with E-state index in [1.54, 1.807) is 0 Å².